The van der Waals surface area contributed by atoms with Gasteiger partial charge in [0.25, 0.3) is 0 Å². The molecule has 0 radical (unpaired) electrons. The molecule has 2 nitrogen and oxygen atoms in total. The van der Waals surface area contributed by atoms with Gasteiger partial charge in [0.05, 0.1) is 6.61 Å². The number of nitrogens with one attached hydrogen (secondary N) is 1. The molecule has 0 aromatic heterocycles. The van der Waals surface area contributed by atoms with E-state index in [1.165, 1.54) is 0 Å². The lowest BCUT2D eigenvalue weighted by atomic mass is 10.1. The highest BCUT2D eigenvalue weighted by Gasteiger charge is 2.09. The molecule has 0 amide bonds. The third-order valence-electron chi connectivity index (χ3n) is 2.18. The number of hydrogen-bond donors (Lipinski definition) is 1. The van der Waals surface area contributed by atoms with E-state index in [4.69, 9.17) is 27.9 Å². The average Bonchev–Trinajstić information content (AvgIpc) is 2.22. The van der Waals surface area contributed by atoms with Gasteiger partial charge in [-0.25, -0.2) is 0 Å². The van der Waals surface area contributed by atoms with E-state index < -0.39 is 0 Å². The van der Waals surface area contributed by atoms with E-state index in [1.807, 2.05) is 19.1 Å². The smallest absolute Gasteiger partial charge is 0.0587 e. The lowest BCUT2D eigenvalue weighted by Gasteiger charge is -2.15. The van der Waals surface area contributed by atoms with Gasteiger partial charge >= 0.3 is 0 Å². The van der Waals surface area contributed by atoms with E-state index in [-0.39, 0.29) is 6.04 Å². The molecule has 1 atom stereocenters. The Morgan fingerprint density at radius 3 is 2.80 bits per heavy atom. The predicted molar refractivity (Wildman–Crippen MR) is 64.8 cm³/mol. The summed E-state index contributed by atoms with van der Waals surface area (Å²) in [4.78, 5) is 0. The topological polar surface area (TPSA) is 21.3 Å². The van der Waals surface area contributed by atoms with Gasteiger partial charge in [0, 0.05) is 29.7 Å². The van der Waals surface area contributed by atoms with Crippen LogP contribution < -0.4 is 5.32 Å². The zero-order valence-electron chi connectivity index (χ0n) is 8.89. The number of rotatable bonds is 5. The monoisotopic (exact) mass is 247 g/mol. The van der Waals surface area contributed by atoms with Crippen molar-refractivity contribution in [3.8, 4) is 0 Å². The van der Waals surface area contributed by atoms with Crippen LogP contribution >= 0.6 is 23.2 Å². The molecule has 0 aliphatic rings. The molecule has 0 heterocycles. The lowest BCUT2D eigenvalue weighted by molar-refractivity contribution is 0.196. The van der Waals surface area contributed by atoms with Crippen LogP contribution in [-0.2, 0) is 4.74 Å². The van der Waals surface area contributed by atoms with Crippen LogP contribution in [0.25, 0.3) is 0 Å². The van der Waals surface area contributed by atoms with Gasteiger partial charge in [0.15, 0.2) is 0 Å². The predicted octanol–water partition coefficient (Wildman–Crippen LogP) is 3.29. The van der Waals surface area contributed by atoms with E-state index >= 15 is 0 Å². The minimum Gasteiger partial charge on any atom is -0.383 e. The molecule has 0 saturated heterocycles. The largest absolute Gasteiger partial charge is 0.383 e. The van der Waals surface area contributed by atoms with Crippen LogP contribution in [0.3, 0.4) is 0 Å². The molecule has 0 aliphatic carbocycles. The Balaban J connectivity index is 2.64. The highest BCUT2D eigenvalue weighted by molar-refractivity contribution is 6.33. The van der Waals surface area contributed by atoms with Crippen LogP contribution in [0.1, 0.15) is 18.5 Å². The molecular weight excluding hydrogens is 233 g/mol. The maximum atomic E-state index is 6.07. The van der Waals surface area contributed by atoms with Crippen molar-refractivity contribution in [2.45, 2.75) is 13.0 Å². The molecule has 0 bridgehead atoms. The molecule has 1 rings (SSSR count). The Labute approximate surface area is 101 Å². The molecule has 84 valence electrons. The highest BCUT2D eigenvalue weighted by Crippen LogP contribution is 2.25. The second kappa shape index (κ2) is 6.33. The summed E-state index contributed by atoms with van der Waals surface area (Å²) in [7, 11) is 1.68. The standard InChI is InChI=1S/C11H15Cl2NO/c1-8(14-5-6-15-2)10-7-9(12)3-4-11(10)13/h3-4,7-8,14H,5-6H2,1-2H3/t8-/m1/s1. The second-order valence-corrected chi connectivity index (χ2v) is 4.18. The number of benzene rings is 1. The average molecular weight is 248 g/mol. The second-order valence-electron chi connectivity index (χ2n) is 3.33. The summed E-state index contributed by atoms with van der Waals surface area (Å²) in [5, 5.41) is 4.74. The summed E-state index contributed by atoms with van der Waals surface area (Å²) in [6.07, 6.45) is 0. The van der Waals surface area contributed by atoms with E-state index in [2.05, 4.69) is 5.32 Å². The minimum absolute atomic E-state index is 0.173. The molecule has 1 N–H and O–H groups in total. The van der Waals surface area contributed by atoms with Crippen molar-refractivity contribution in [1.29, 1.82) is 0 Å². The van der Waals surface area contributed by atoms with Gasteiger partial charge in [0.1, 0.15) is 0 Å². The Bertz CT molecular complexity index is 317. The first-order valence-corrected chi connectivity index (χ1v) is 5.58. The molecule has 4 heteroatoms. The van der Waals surface area contributed by atoms with Crippen LogP contribution in [-0.4, -0.2) is 20.3 Å². The third-order valence-corrected chi connectivity index (χ3v) is 2.76. The van der Waals surface area contributed by atoms with Gasteiger partial charge in [-0.2, -0.15) is 0 Å². The summed E-state index contributed by atoms with van der Waals surface area (Å²) in [6, 6.07) is 5.66. The van der Waals surface area contributed by atoms with Gasteiger partial charge in [-0.15, -0.1) is 0 Å². The van der Waals surface area contributed by atoms with Gasteiger partial charge in [-0.1, -0.05) is 23.2 Å². The van der Waals surface area contributed by atoms with Crippen LogP contribution in [0.5, 0.6) is 0 Å². The molecule has 1 aromatic rings. The van der Waals surface area contributed by atoms with Gasteiger partial charge in [-0.3, -0.25) is 0 Å². The van der Waals surface area contributed by atoms with Crippen molar-refractivity contribution >= 4 is 23.2 Å². The molecule has 0 fully saturated rings. The summed E-state index contributed by atoms with van der Waals surface area (Å²) in [5.41, 5.74) is 1.01. The van der Waals surface area contributed by atoms with Crippen molar-refractivity contribution in [2.24, 2.45) is 0 Å². The Morgan fingerprint density at radius 1 is 1.40 bits per heavy atom. The quantitative estimate of drug-likeness (QED) is 0.807. The molecular formula is C11H15Cl2NO. The Kier molecular flexibility index (Phi) is 5.40. The van der Waals surface area contributed by atoms with Gasteiger partial charge < -0.3 is 10.1 Å². The first-order valence-electron chi connectivity index (χ1n) is 4.82. The summed E-state index contributed by atoms with van der Waals surface area (Å²) in [6.45, 7) is 3.52. The first-order chi connectivity index (χ1) is 7.15. The normalized spacial score (nSPS) is 12.8. The Morgan fingerprint density at radius 2 is 2.13 bits per heavy atom. The molecule has 0 aliphatic heterocycles. The van der Waals surface area contributed by atoms with Gasteiger partial charge in [-0.05, 0) is 30.7 Å². The van der Waals surface area contributed by atoms with Crippen molar-refractivity contribution in [3.05, 3.63) is 33.8 Å². The van der Waals surface area contributed by atoms with E-state index in [9.17, 15) is 0 Å². The fourth-order valence-corrected chi connectivity index (χ4v) is 1.80. The maximum absolute atomic E-state index is 6.07. The van der Waals surface area contributed by atoms with E-state index in [0.29, 0.717) is 11.6 Å². The van der Waals surface area contributed by atoms with Crippen molar-refractivity contribution < 1.29 is 4.74 Å². The van der Waals surface area contributed by atoms with Crippen molar-refractivity contribution in [2.75, 3.05) is 20.3 Å². The molecule has 15 heavy (non-hydrogen) atoms. The molecule has 0 unspecified atom stereocenters. The molecule has 0 spiro atoms. The fraction of sp³-hybridized carbons (Fsp3) is 0.455. The number of ether oxygens (including phenoxy) is 1. The summed E-state index contributed by atoms with van der Waals surface area (Å²) in [5.74, 6) is 0. The SMILES string of the molecule is COCCN[C@H](C)c1cc(Cl)ccc1Cl. The van der Waals surface area contributed by atoms with Crippen molar-refractivity contribution in [1.82, 2.24) is 5.32 Å². The van der Waals surface area contributed by atoms with E-state index in [1.54, 1.807) is 13.2 Å². The van der Waals surface area contributed by atoms with Crippen LogP contribution in [0.2, 0.25) is 10.0 Å². The number of halogens is 2. The van der Waals surface area contributed by atoms with Crippen LogP contribution in [0.4, 0.5) is 0 Å². The Hall–Kier alpha value is -0.280. The first kappa shape index (κ1) is 12.8. The summed E-state index contributed by atoms with van der Waals surface area (Å²) >= 11 is 12.0. The summed E-state index contributed by atoms with van der Waals surface area (Å²) < 4.78 is 4.96. The zero-order chi connectivity index (χ0) is 11.3. The maximum Gasteiger partial charge on any atom is 0.0587 e. The van der Waals surface area contributed by atoms with Gasteiger partial charge in [0.2, 0.25) is 0 Å². The molecule has 1 aromatic carbocycles. The van der Waals surface area contributed by atoms with Crippen LogP contribution in [0, 0.1) is 0 Å². The lowest BCUT2D eigenvalue weighted by Crippen LogP contribution is -2.23. The van der Waals surface area contributed by atoms with Crippen LogP contribution in [0.15, 0.2) is 18.2 Å². The van der Waals surface area contributed by atoms with Crippen molar-refractivity contribution in [3.63, 3.8) is 0 Å². The highest BCUT2D eigenvalue weighted by atomic mass is 35.5. The minimum atomic E-state index is 0.173. The molecule has 0 saturated carbocycles. The zero-order valence-corrected chi connectivity index (χ0v) is 10.4. The fourth-order valence-electron chi connectivity index (χ4n) is 1.33. The number of hydrogen-bond acceptors (Lipinski definition) is 2. The number of methoxy groups -OCH3 is 1. The van der Waals surface area contributed by atoms with E-state index in [0.717, 1.165) is 17.1 Å². The third kappa shape index (κ3) is 3.99.